The lowest BCUT2D eigenvalue weighted by Gasteiger charge is -2.16. The van der Waals surface area contributed by atoms with E-state index in [0.29, 0.717) is 0 Å². The molecule has 1 aliphatic rings. The van der Waals surface area contributed by atoms with Gasteiger partial charge in [-0.3, -0.25) is 0 Å². The fourth-order valence-corrected chi connectivity index (χ4v) is 2.75. The predicted octanol–water partition coefficient (Wildman–Crippen LogP) is 3.76. The molecule has 20 heavy (non-hydrogen) atoms. The molecule has 1 N–H and O–H groups in total. The molecular weight excluding hydrogens is 250 g/mol. The predicted molar refractivity (Wildman–Crippen MR) is 82.4 cm³/mol. The summed E-state index contributed by atoms with van der Waals surface area (Å²) in [6.45, 7) is 4.90. The molecule has 0 spiro atoms. The highest BCUT2D eigenvalue weighted by molar-refractivity contribution is 5.40. The molecule has 0 aromatic heterocycles. The van der Waals surface area contributed by atoms with Crippen LogP contribution >= 0.6 is 0 Å². The lowest BCUT2D eigenvalue weighted by Crippen LogP contribution is -2.16. The average molecular weight is 277 g/mol. The number of ether oxygens (including phenoxy) is 2. The smallest absolute Gasteiger partial charge is 0.124 e. The SMILES string of the molecule is CCCNCc1cc(OC)ccc1OCC1CCCC1. The summed E-state index contributed by atoms with van der Waals surface area (Å²) in [5, 5.41) is 3.44. The van der Waals surface area contributed by atoms with E-state index in [1.54, 1.807) is 7.11 Å². The molecule has 0 aliphatic heterocycles. The largest absolute Gasteiger partial charge is 0.497 e. The maximum absolute atomic E-state index is 6.06. The fraction of sp³-hybridized carbons (Fsp3) is 0.647. The first-order chi connectivity index (χ1) is 9.83. The van der Waals surface area contributed by atoms with Crippen LogP contribution in [0.15, 0.2) is 18.2 Å². The van der Waals surface area contributed by atoms with E-state index in [4.69, 9.17) is 9.47 Å². The van der Waals surface area contributed by atoms with E-state index in [1.807, 2.05) is 12.1 Å². The molecule has 1 aliphatic carbocycles. The third-order valence-corrected chi connectivity index (χ3v) is 3.96. The van der Waals surface area contributed by atoms with Gasteiger partial charge < -0.3 is 14.8 Å². The van der Waals surface area contributed by atoms with E-state index >= 15 is 0 Å². The van der Waals surface area contributed by atoms with Crippen LogP contribution in [-0.2, 0) is 6.54 Å². The second kappa shape index (κ2) is 8.15. The van der Waals surface area contributed by atoms with Crippen LogP contribution in [0.1, 0.15) is 44.6 Å². The molecule has 1 aromatic carbocycles. The Labute approximate surface area is 122 Å². The van der Waals surface area contributed by atoms with Crippen LogP contribution in [0.3, 0.4) is 0 Å². The number of rotatable bonds is 8. The summed E-state index contributed by atoms with van der Waals surface area (Å²) in [6.07, 6.45) is 6.50. The highest BCUT2D eigenvalue weighted by Crippen LogP contribution is 2.28. The molecule has 112 valence electrons. The first-order valence-electron chi connectivity index (χ1n) is 7.84. The van der Waals surface area contributed by atoms with E-state index in [0.717, 1.165) is 43.5 Å². The molecule has 1 saturated carbocycles. The second-order valence-electron chi connectivity index (χ2n) is 5.61. The molecular formula is C17H27NO2. The van der Waals surface area contributed by atoms with Gasteiger partial charge in [0.2, 0.25) is 0 Å². The first-order valence-corrected chi connectivity index (χ1v) is 7.84. The Balaban J connectivity index is 1.96. The van der Waals surface area contributed by atoms with Crippen LogP contribution in [-0.4, -0.2) is 20.3 Å². The van der Waals surface area contributed by atoms with Gasteiger partial charge in [0.1, 0.15) is 11.5 Å². The number of hydrogen-bond acceptors (Lipinski definition) is 3. The summed E-state index contributed by atoms with van der Waals surface area (Å²) in [7, 11) is 1.71. The van der Waals surface area contributed by atoms with Crippen molar-refractivity contribution in [2.24, 2.45) is 5.92 Å². The Morgan fingerprint density at radius 2 is 2.05 bits per heavy atom. The Kier molecular flexibility index (Phi) is 6.19. The van der Waals surface area contributed by atoms with Gasteiger partial charge in [0.25, 0.3) is 0 Å². The van der Waals surface area contributed by atoms with Crippen LogP contribution in [0.25, 0.3) is 0 Å². The van der Waals surface area contributed by atoms with Gasteiger partial charge in [0.05, 0.1) is 13.7 Å². The topological polar surface area (TPSA) is 30.5 Å². The van der Waals surface area contributed by atoms with Gasteiger partial charge in [-0.25, -0.2) is 0 Å². The fourth-order valence-electron chi connectivity index (χ4n) is 2.75. The third-order valence-electron chi connectivity index (χ3n) is 3.96. The minimum absolute atomic E-state index is 0.744. The highest BCUT2D eigenvalue weighted by Gasteiger charge is 2.16. The maximum atomic E-state index is 6.06. The summed E-state index contributed by atoms with van der Waals surface area (Å²) in [5.41, 5.74) is 1.19. The molecule has 3 nitrogen and oxygen atoms in total. The molecule has 1 aromatic rings. The molecule has 2 rings (SSSR count). The normalized spacial score (nSPS) is 15.5. The number of benzene rings is 1. The Morgan fingerprint density at radius 3 is 2.75 bits per heavy atom. The zero-order valence-corrected chi connectivity index (χ0v) is 12.8. The maximum Gasteiger partial charge on any atom is 0.124 e. The van der Waals surface area contributed by atoms with Crippen molar-refractivity contribution >= 4 is 0 Å². The molecule has 0 radical (unpaired) electrons. The molecule has 0 saturated heterocycles. The van der Waals surface area contributed by atoms with E-state index in [-0.39, 0.29) is 0 Å². The van der Waals surface area contributed by atoms with Crippen LogP contribution < -0.4 is 14.8 Å². The van der Waals surface area contributed by atoms with Crippen molar-refractivity contribution in [3.63, 3.8) is 0 Å². The lowest BCUT2D eigenvalue weighted by molar-refractivity contribution is 0.249. The summed E-state index contributed by atoms with van der Waals surface area (Å²) in [5.74, 6) is 2.64. The Hall–Kier alpha value is -1.22. The number of nitrogens with one attached hydrogen (secondary N) is 1. The average Bonchev–Trinajstić information content (AvgIpc) is 2.99. The van der Waals surface area contributed by atoms with Crippen molar-refractivity contribution in [3.05, 3.63) is 23.8 Å². The molecule has 0 amide bonds. The van der Waals surface area contributed by atoms with Crippen molar-refractivity contribution in [3.8, 4) is 11.5 Å². The van der Waals surface area contributed by atoms with Crippen molar-refractivity contribution in [1.29, 1.82) is 0 Å². The van der Waals surface area contributed by atoms with Crippen LogP contribution in [0.4, 0.5) is 0 Å². The summed E-state index contributed by atoms with van der Waals surface area (Å²) < 4.78 is 11.4. The monoisotopic (exact) mass is 277 g/mol. The summed E-state index contributed by atoms with van der Waals surface area (Å²) in [4.78, 5) is 0. The lowest BCUT2D eigenvalue weighted by atomic mass is 10.1. The molecule has 0 heterocycles. The molecule has 3 heteroatoms. The van der Waals surface area contributed by atoms with E-state index in [2.05, 4.69) is 18.3 Å². The molecule has 1 fully saturated rings. The van der Waals surface area contributed by atoms with Gasteiger partial charge in [0, 0.05) is 12.1 Å². The minimum atomic E-state index is 0.744. The van der Waals surface area contributed by atoms with Crippen LogP contribution in [0, 0.1) is 5.92 Å². The molecule has 0 unspecified atom stereocenters. The van der Waals surface area contributed by atoms with Crippen molar-refractivity contribution < 1.29 is 9.47 Å². The van der Waals surface area contributed by atoms with E-state index < -0.39 is 0 Å². The van der Waals surface area contributed by atoms with Crippen molar-refractivity contribution in [1.82, 2.24) is 5.32 Å². The number of hydrogen-bond donors (Lipinski definition) is 1. The molecule has 0 atom stereocenters. The van der Waals surface area contributed by atoms with Crippen molar-refractivity contribution in [2.75, 3.05) is 20.3 Å². The van der Waals surface area contributed by atoms with Gasteiger partial charge in [-0.1, -0.05) is 19.8 Å². The van der Waals surface area contributed by atoms with Crippen molar-refractivity contribution in [2.45, 2.75) is 45.6 Å². The van der Waals surface area contributed by atoms with Crippen LogP contribution in [0.2, 0.25) is 0 Å². The van der Waals surface area contributed by atoms with E-state index in [1.165, 1.54) is 31.2 Å². The summed E-state index contributed by atoms with van der Waals surface area (Å²) in [6, 6.07) is 6.09. The van der Waals surface area contributed by atoms with Gasteiger partial charge in [0.15, 0.2) is 0 Å². The van der Waals surface area contributed by atoms with Gasteiger partial charge >= 0.3 is 0 Å². The third kappa shape index (κ3) is 4.41. The zero-order valence-electron chi connectivity index (χ0n) is 12.8. The highest BCUT2D eigenvalue weighted by atomic mass is 16.5. The zero-order chi connectivity index (χ0) is 14.2. The standard InChI is InChI=1S/C17H27NO2/c1-3-10-18-12-15-11-16(19-2)8-9-17(15)20-13-14-6-4-5-7-14/h8-9,11,14,18H,3-7,10,12-13H2,1-2H3. The minimum Gasteiger partial charge on any atom is -0.497 e. The van der Waals surface area contributed by atoms with Gasteiger partial charge in [-0.2, -0.15) is 0 Å². The van der Waals surface area contributed by atoms with E-state index in [9.17, 15) is 0 Å². The number of methoxy groups -OCH3 is 1. The first kappa shape index (κ1) is 15.2. The van der Waals surface area contributed by atoms with Crippen LogP contribution in [0.5, 0.6) is 11.5 Å². The Morgan fingerprint density at radius 1 is 1.25 bits per heavy atom. The van der Waals surface area contributed by atoms with Gasteiger partial charge in [-0.05, 0) is 49.9 Å². The summed E-state index contributed by atoms with van der Waals surface area (Å²) >= 11 is 0. The quantitative estimate of drug-likeness (QED) is 0.734. The Bertz CT molecular complexity index is 400. The molecule has 0 bridgehead atoms. The second-order valence-corrected chi connectivity index (χ2v) is 5.61. The van der Waals surface area contributed by atoms with Gasteiger partial charge in [-0.15, -0.1) is 0 Å².